The predicted octanol–water partition coefficient (Wildman–Crippen LogP) is 2.42. The summed E-state index contributed by atoms with van der Waals surface area (Å²) in [6.45, 7) is 2.19. The molecule has 3 heteroatoms. The van der Waals surface area contributed by atoms with Crippen molar-refractivity contribution in [3.8, 4) is 0 Å². The molecule has 0 fully saturated rings. The second-order valence-corrected chi connectivity index (χ2v) is 3.91. The first-order chi connectivity index (χ1) is 6.65. The van der Waals surface area contributed by atoms with Crippen LogP contribution in [0.4, 0.5) is 0 Å². The monoisotopic (exact) mass is 213 g/mol. The van der Waals surface area contributed by atoms with Gasteiger partial charge in [0.2, 0.25) is 0 Å². The number of hydrogen-bond donors (Lipinski definition) is 2. The van der Waals surface area contributed by atoms with Crippen LogP contribution in [0.3, 0.4) is 0 Å². The number of halogens is 1. The van der Waals surface area contributed by atoms with Crippen LogP contribution in [0.5, 0.6) is 0 Å². The van der Waals surface area contributed by atoms with Crippen LogP contribution in [0.25, 0.3) is 0 Å². The van der Waals surface area contributed by atoms with E-state index in [1.807, 2.05) is 25.1 Å². The summed E-state index contributed by atoms with van der Waals surface area (Å²) in [5.41, 5.74) is 8.21. The first kappa shape index (κ1) is 11.5. The molecule has 2 nitrogen and oxygen atoms in total. The van der Waals surface area contributed by atoms with Crippen molar-refractivity contribution in [3.63, 3.8) is 0 Å². The number of nitrogens with two attached hydrogens (primary N) is 1. The molecule has 0 heterocycles. The fourth-order valence-electron chi connectivity index (χ4n) is 1.52. The molecule has 0 spiro atoms. The lowest BCUT2D eigenvalue weighted by Gasteiger charge is -2.14. The maximum absolute atomic E-state index is 8.70. The Hall–Kier alpha value is -0.570. The van der Waals surface area contributed by atoms with Gasteiger partial charge in [0.05, 0.1) is 0 Å². The molecule has 0 unspecified atom stereocenters. The van der Waals surface area contributed by atoms with E-state index in [0.29, 0.717) is 0 Å². The Morgan fingerprint density at radius 1 is 1.50 bits per heavy atom. The van der Waals surface area contributed by atoms with Gasteiger partial charge in [-0.1, -0.05) is 17.7 Å². The Balaban J connectivity index is 2.74. The summed E-state index contributed by atoms with van der Waals surface area (Å²) in [6.07, 6.45) is 1.54. The van der Waals surface area contributed by atoms with E-state index in [-0.39, 0.29) is 12.6 Å². The van der Waals surface area contributed by atoms with Gasteiger partial charge in [-0.05, 0) is 43.0 Å². The van der Waals surface area contributed by atoms with Gasteiger partial charge in [0.15, 0.2) is 0 Å². The molecule has 14 heavy (non-hydrogen) atoms. The van der Waals surface area contributed by atoms with Crippen molar-refractivity contribution < 1.29 is 5.11 Å². The highest BCUT2D eigenvalue weighted by atomic mass is 35.5. The molecule has 0 aliphatic rings. The van der Waals surface area contributed by atoms with E-state index >= 15 is 0 Å². The quantitative estimate of drug-likeness (QED) is 0.807. The van der Waals surface area contributed by atoms with Gasteiger partial charge in [-0.25, -0.2) is 0 Å². The van der Waals surface area contributed by atoms with Gasteiger partial charge in [0.1, 0.15) is 0 Å². The lowest BCUT2D eigenvalue weighted by molar-refractivity contribution is 0.280. The first-order valence-electron chi connectivity index (χ1n) is 4.77. The summed E-state index contributed by atoms with van der Waals surface area (Å²) >= 11 is 5.85. The third-order valence-corrected chi connectivity index (χ3v) is 2.54. The van der Waals surface area contributed by atoms with Crippen LogP contribution in [-0.4, -0.2) is 11.7 Å². The van der Waals surface area contributed by atoms with Crippen molar-refractivity contribution >= 4 is 11.6 Å². The third-order valence-electron chi connectivity index (χ3n) is 2.30. The molecule has 0 bridgehead atoms. The third kappa shape index (κ3) is 2.98. The molecule has 0 aliphatic carbocycles. The molecule has 0 amide bonds. The smallest absolute Gasteiger partial charge is 0.0431 e. The van der Waals surface area contributed by atoms with Gasteiger partial charge < -0.3 is 10.8 Å². The molecule has 1 rings (SSSR count). The molecule has 1 aromatic rings. The highest BCUT2D eigenvalue weighted by Gasteiger charge is 2.08. The van der Waals surface area contributed by atoms with E-state index in [1.54, 1.807) is 0 Å². The summed E-state index contributed by atoms with van der Waals surface area (Å²) in [4.78, 5) is 0. The number of rotatable bonds is 4. The molecule has 0 aliphatic heterocycles. The molecule has 78 valence electrons. The van der Waals surface area contributed by atoms with Gasteiger partial charge in [0, 0.05) is 17.7 Å². The topological polar surface area (TPSA) is 46.2 Å². The van der Waals surface area contributed by atoms with Crippen molar-refractivity contribution in [2.75, 3.05) is 6.61 Å². The molecule has 0 aromatic heterocycles. The minimum absolute atomic E-state index is 0.000540. The zero-order valence-corrected chi connectivity index (χ0v) is 9.09. The molecule has 1 aromatic carbocycles. The van der Waals surface area contributed by atoms with Crippen LogP contribution < -0.4 is 5.73 Å². The SMILES string of the molecule is Cc1cc(Cl)ccc1[C@H](N)CCCO. The minimum atomic E-state index is -0.000540. The Kier molecular flexibility index (Phi) is 4.39. The predicted molar refractivity (Wildman–Crippen MR) is 59.4 cm³/mol. The number of hydrogen-bond acceptors (Lipinski definition) is 2. The largest absolute Gasteiger partial charge is 0.396 e. The normalized spacial score (nSPS) is 12.9. The zero-order chi connectivity index (χ0) is 10.6. The van der Waals surface area contributed by atoms with Gasteiger partial charge in [-0.3, -0.25) is 0 Å². The fraction of sp³-hybridized carbons (Fsp3) is 0.455. The minimum Gasteiger partial charge on any atom is -0.396 e. The summed E-state index contributed by atoms with van der Waals surface area (Å²) in [5.74, 6) is 0. The number of aryl methyl sites for hydroxylation is 1. The van der Waals surface area contributed by atoms with Crippen LogP contribution in [0.15, 0.2) is 18.2 Å². The molecular weight excluding hydrogens is 198 g/mol. The summed E-state index contributed by atoms with van der Waals surface area (Å²) < 4.78 is 0. The second-order valence-electron chi connectivity index (χ2n) is 3.47. The number of benzene rings is 1. The Bertz CT molecular complexity index is 301. The Morgan fingerprint density at radius 2 is 2.21 bits per heavy atom. The summed E-state index contributed by atoms with van der Waals surface area (Å²) in [7, 11) is 0. The molecule has 0 saturated carbocycles. The lowest BCUT2D eigenvalue weighted by atomic mass is 9.98. The average Bonchev–Trinajstić information content (AvgIpc) is 2.14. The van der Waals surface area contributed by atoms with Gasteiger partial charge >= 0.3 is 0 Å². The average molecular weight is 214 g/mol. The van der Waals surface area contributed by atoms with Crippen molar-refractivity contribution in [2.24, 2.45) is 5.73 Å². The van der Waals surface area contributed by atoms with Crippen LogP contribution in [0.2, 0.25) is 5.02 Å². The van der Waals surface area contributed by atoms with E-state index in [9.17, 15) is 0 Å². The Labute approximate surface area is 89.7 Å². The summed E-state index contributed by atoms with van der Waals surface area (Å²) in [6, 6.07) is 5.72. The summed E-state index contributed by atoms with van der Waals surface area (Å²) in [5, 5.41) is 9.44. The number of aliphatic hydroxyl groups excluding tert-OH is 1. The van der Waals surface area contributed by atoms with E-state index in [0.717, 1.165) is 29.0 Å². The van der Waals surface area contributed by atoms with Crippen LogP contribution in [-0.2, 0) is 0 Å². The second kappa shape index (κ2) is 5.35. The van der Waals surface area contributed by atoms with Crippen LogP contribution in [0, 0.1) is 6.92 Å². The molecule has 0 saturated heterocycles. The Morgan fingerprint density at radius 3 is 2.79 bits per heavy atom. The number of aliphatic hydroxyl groups is 1. The van der Waals surface area contributed by atoms with Crippen molar-refractivity contribution in [1.82, 2.24) is 0 Å². The highest BCUT2D eigenvalue weighted by molar-refractivity contribution is 6.30. The molecule has 3 N–H and O–H groups in total. The molecule has 0 radical (unpaired) electrons. The first-order valence-corrected chi connectivity index (χ1v) is 5.15. The van der Waals surface area contributed by atoms with Crippen molar-refractivity contribution in [1.29, 1.82) is 0 Å². The van der Waals surface area contributed by atoms with Crippen molar-refractivity contribution in [3.05, 3.63) is 34.3 Å². The van der Waals surface area contributed by atoms with E-state index in [1.165, 1.54) is 0 Å². The van der Waals surface area contributed by atoms with Gasteiger partial charge in [-0.15, -0.1) is 0 Å². The standard InChI is InChI=1S/C11H16ClNO/c1-8-7-9(12)4-5-10(8)11(13)3-2-6-14/h4-5,7,11,14H,2-3,6,13H2,1H3/t11-/m1/s1. The van der Waals surface area contributed by atoms with E-state index in [4.69, 9.17) is 22.4 Å². The van der Waals surface area contributed by atoms with Gasteiger partial charge in [0.25, 0.3) is 0 Å². The van der Waals surface area contributed by atoms with E-state index < -0.39 is 0 Å². The zero-order valence-electron chi connectivity index (χ0n) is 8.33. The molecular formula is C11H16ClNO. The lowest BCUT2D eigenvalue weighted by Crippen LogP contribution is -2.12. The maximum atomic E-state index is 8.70. The molecule has 1 atom stereocenters. The van der Waals surface area contributed by atoms with Gasteiger partial charge in [-0.2, -0.15) is 0 Å². The van der Waals surface area contributed by atoms with E-state index in [2.05, 4.69) is 0 Å². The van der Waals surface area contributed by atoms with Crippen molar-refractivity contribution in [2.45, 2.75) is 25.8 Å². The fourth-order valence-corrected chi connectivity index (χ4v) is 1.75. The van der Waals surface area contributed by atoms with Crippen LogP contribution >= 0.6 is 11.6 Å². The van der Waals surface area contributed by atoms with Crippen LogP contribution in [0.1, 0.15) is 30.0 Å². The highest BCUT2D eigenvalue weighted by Crippen LogP contribution is 2.22. The maximum Gasteiger partial charge on any atom is 0.0431 e.